The van der Waals surface area contributed by atoms with Crippen molar-refractivity contribution < 1.29 is 34.0 Å². The molecule has 2 N–H and O–H groups in total. The molecule has 0 aliphatic carbocycles. The molecular weight excluding hydrogens is 256 g/mol. The van der Waals surface area contributed by atoms with Gasteiger partial charge in [0.25, 0.3) is 5.97 Å². The van der Waals surface area contributed by atoms with E-state index in [0.29, 0.717) is 6.61 Å². The summed E-state index contributed by atoms with van der Waals surface area (Å²) in [5.74, 6) is -2.21. The second kappa shape index (κ2) is 5.72. The molecule has 3 atom stereocenters. The van der Waals surface area contributed by atoms with Crippen LogP contribution < -0.4 is 0 Å². The van der Waals surface area contributed by atoms with Crippen molar-refractivity contribution in [2.75, 3.05) is 6.61 Å². The topological polar surface area (TPSA) is 94.5 Å². The van der Waals surface area contributed by atoms with Gasteiger partial charge in [0.05, 0.1) is 6.61 Å². The van der Waals surface area contributed by atoms with Crippen LogP contribution in [-0.4, -0.2) is 52.9 Å². The highest BCUT2D eigenvalue weighted by Gasteiger charge is 2.49. The number of ether oxygens (including phenoxy) is 4. The summed E-state index contributed by atoms with van der Waals surface area (Å²) in [7, 11) is 0. The molecule has 2 rings (SSSR count). The van der Waals surface area contributed by atoms with Crippen LogP contribution in [0.3, 0.4) is 0 Å². The first kappa shape index (κ1) is 16.3. The van der Waals surface area contributed by atoms with Crippen LogP contribution in [0.2, 0.25) is 0 Å². The highest BCUT2D eigenvalue weighted by molar-refractivity contribution is 5.62. The molecule has 19 heavy (non-hydrogen) atoms. The van der Waals surface area contributed by atoms with Gasteiger partial charge in [-0.25, -0.2) is 0 Å². The van der Waals surface area contributed by atoms with Crippen molar-refractivity contribution in [3.05, 3.63) is 0 Å². The average Bonchev–Trinajstić information content (AvgIpc) is 2.65. The highest BCUT2D eigenvalue weighted by Crippen LogP contribution is 2.34. The van der Waals surface area contributed by atoms with E-state index in [0.717, 1.165) is 6.92 Å². The molecule has 7 heteroatoms. The SMILES string of the molecule is CC(=O)O.CC1(C)O[C@H]([C@H]2COC(C)(C)O2)[C@@H](O)O1. The number of rotatable bonds is 1. The van der Waals surface area contributed by atoms with Crippen molar-refractivity contribution in [3.8, 4) is 0 Å². The number of carboxylic acids is 1. The van der Waals surface area contributed by atoms with E-state index < -0.39 is 29.9 Å². The number of aliphatic hydroxyl groups is 1. The molecule has 0 bridgehead atoms. The Balaban J connectivity index is 0.000000399. The second-order valence-corrected chi connectivity index (χ2v) is 5.38. The summed E-state index contributed by atoms with van der Waals surface area (Å²) in [6, 6.07) is 0. The number of hydrogen-bond donors (Lipinski definition) is 2. The van der Waals surface area contributed by atoms with Gasteiger partial charge in [-0.1, -0.05) is 0 Å². The fraction of sp³-hybridized carbons (Fsp3) is 0.917. The van der Waals surface area contributed by atoms with Crippen LogP contribution >= 0.6 is 0 Å². The minimum atomic E-state index is -0.956. The minimum Gasteiger partial charge on any atom is -0.481 e. The first-order chi connectivity index (χ1) is 8.52. The summed E-state index contributed by atoms with van der Waals surface area (Å²) in [6.45, 7) is 8.68. The molecule has 112 valence electrons. The molecule has 0 aromatic carbocycles. The molecule has 2 heterocycles. The number of hydrogen-bond acceptors (Lipinski definition) is 6. The van der Waals surface area contributed by atoms with Gasteiger partial charge >= 0.3 is 0 Å². The van der Waals surface area contributed by atoms with Crippen LogP contribution in [0.15, 0.2) is 0 Å². The highest BCUT2D eigenvalue weighted by atomic mass is 16.8. The van der Waals surface area contributed by atoms with Crippen LogP contribution in [-0.2, 0) is 23.7 Å². The van der Waals surface area contributed by atoms with E-state index >= 15 is 0 Å². The third-order valence-corrected chi connectivity index (χ3v) is 2.50. The Bertz CT molecular complexity index is 322. The summed E-state index contributed by atoms with van der Waals surface area (Å²) < 4.78 is 21.8. The van der Waals surface area contributed by atoms with Gasteiger partial charge in [0.15, 0.2) is 17.9 Å². The number of aliphatic hydroxyl groups excluding tert-OH is 1. The van der Waals surface area contributed by atoms with Crippen molar-refractivity contribution >= 4 is 5.97 Å². The van der Waals surface area contributed by atoms with Gasteiger partial charge in [-0.3, -0.25) is 4.79 Å². The molecule has 0 saturated carbocycles. The summed E-state index contributed by atoms with van der Waals surface area (Å²) in [6.07, 6.45) is -1.72. The van der Waals surface area contributed by atoms with Gasteiger partial charge in [-0.15, -0.1) is 0 Å². The fourth-order valence-electron chi connectivity index (χ4n) is 1.91. The number of aliphatic carboxylic acids is 1. The molecule has 0 radical (unpaired) electrons. The Kier molecular flexibility index (Phi) is 4.91. The largest absolute Gasteiger partial charge is 0.481 e. The third-order valence-electron chi connectivity index (χ3n) is 2.50. The summed E-state index contributed by atoms with van der Waals surface area (Å²) in [5, 5.41) is 17.1. The lowest BCUT2D eigenvalue weighted by molar-refractivity contribution is -0.179. The van der Waals surface area contributed by atoms with Crippen LogP contribution in [0.5, 0.6) is 0 Å². The molecule has 2 aliphatic heterocycles. The van der Waals surface area contributed by atoms with Crippen LogP contribution in [0.25, 0.3) is 0 Å². The van der Waals surface area contributed by atoms with Gasteiger partial charge in [0.2, 0.25) is 0 Å². The second-order valence-electron chi connectivity index (χ2n) is 5.38. The molecular formula is C12H22O7. The van der Waals surface area contributed by atoms with Crippen molar-refractivity contribution in [2.45, 2.75) is 64.7 Å². The molecule has 2 fully saturated rings. The lowest BCUT2D eigenvalue weighted by Gasteiger charge is -2.22. The maximum absolute atomic E-state index is 9.67. The Morgan fingerprint density at radius 1 is 1.11 bits per heavy atom. The van der Waals surface area contributed by atoms with Crippen LogP contribution in [0.4, 0.5) is 0 Å². The smallest absolute Gasteiger partial charge is 0.300 e. The van der Waals surface area contributed by atoms with E-state index in [4.69, 9.17) is 28.8 Å². The van der Waals surface area contributed by atoms with E-state index in [1.807, 2.05) is 13.8 Å². The Hall–Kier alpha value is -0.730. The van der Waals surface area contributed by atoms with Gasteiger partial charge in [0.1, 0.15) is 12.2 Å². The van der Waals surface area contributed by atoms with E-state index in [9.17, 15) is 5.11 Å². The standard InChI is InChI=1S/C10H18O5.C2H4O2/c1-9(2)12-5-6(13-9)7-8(11)15-10(3,4)14-7;1-2(3)4/h6-8,11H,5H2,1-4H3;1H3,(H,3,4)/t6-,7-,8+;/m1./s1. The summed E-state index contributed by atoms with van der Waals surface area (Å²) >= 11 is 0. The van der Waals surface area contributed by atoms with E-state index in [-0.39, 0.29) is 6.10 Å². The van der Waals surface area contributed by atoms with E-state index in [1.165, 1.54) is 0 Å². The molecule has 7 nitrogen and oxygen atoms in total. The zero-order valence-corrected chi connectivity index (χ0v) is 11.9. The van der Waals surface area contributed by atoms with E-state index in [1.54, 1.807) is 13.8 Å². The van der Waals surface area contributed by atoms with Crippen molar-refractivity contribution in [2.24, 2.45) is 0 Å². The molecule has 0 unspecified atom stereocenters. The Labute approximate surface area is 112 Å². The maximum Gasteiger partial charge on any atom is 0.300 e. The van der Waals surface area contributed by atoms with Crippen molar-refractivity contribution in [3.63, 3.8) is 0 Å². The Morgan fingerprint density at radius 3 is 1.95 bits per heavy atom. The summed E-state index contributed by atoms with van der Waals surface area (Å²) in [5.41, 5.74) is 0. The fourth-order valence-corrected chi connectivity index (χ4v) is 1.91. The minimum absolute atomic E-state index is 0.281. The van der Waals surface area contributed by atoms with Crippen LogP contribution in [0.1, 0.15) is 34.6 Å². The van der Waals surface area contributed by atoms with E-state index in [2.05, 4.69) is 0 Å². The van der Waals surface area contributed by atoms with Crippen molar-refractivity contribution in [1.82, 2.24) is 0 Å². The maximum atomic E-state index is 9.67. The predicted octanol–water partition coefficient (Wildman–Crippen LogP) is 0.699. The molecule has 0 aromatic rings. The molecule has 0 aromatic heterocycles. The lowest BCUT2D eigenvalue weighted by Crippen LogP contribution is -2.38. The molecule has 2 saturated heterocycles. The predicted molar refractivity (Wildman–Crippen MR) is 64.3 cm³/mol. The quantitative estimate of drug-likeness (QED) is 0.729. The zero-order chi connectivity index (χ0) is 14.8. The number of carboxylic acid groups (broad SMARTS) is 1. The van der Waals surface area contributed by atoms with Gasteiger partial charge in [-0.05, 0) is 27.7 Å². The normalized spacial score (nSPS) is 35.6. The molecule has 2 aliphatic rings. The zero-order valence-electron chi connectivity index (χ0n) is 11.9. The average molecular weight is 278 g/mol. The lowest BCUT2D eigenvalue weighted by atomic mass is 10.2. The monoisotopic (exact) mass is 278 g/mol. The van der Waals surface area contributed by atoms with Gasteiger partial charge < -0.3 is 29.2 Å². The third kappa shape index (κ3) is 5.04. The Morgan fingerprint density at radius 2 is 1.63 bits per heavy atom. The van der Waals surface area contributed by atoms with Gasteiger partial charge in [0, 0.05) is 6.92 Å². The van der Waals surface area contributed by atoms with Gasteiger partial charge in [-0.2, -0.15) is 0 Å². The molecule has 0 spiro atoms. The van der Waals surface area contributed by atoms with Crippen molar-refractivity contribution in [1.29, 1.82) is 0 Å². The van der Waals surface area contributed by atoms with Crippen LogP contribution in [0, 0.1) is 0 Å². The molecule has 0 amide bonds. The summed E-state index contributed by atoms with van der Waals surface area (Å²) in [4.78, 5) is 9.00. The first-order valence-corrected chi connectivity index (χ1v) is 6.07. The number of carbonyl (C=O) groups is 1. The first-order valence-electron chi connectivity index (χ1n) is 6.07.